The van der Waals surface area contributed by atoms with E-state index in [1.54, 1.807) is 0 Å². The summed E-state index contributed by atoms with van der Waals surface area (Å²) in [6, 6.07) is 11.1. The van der Waals surface area contributed by atoms with Crippen molar-refractivity contribution < 1.29 is 18.3 Å². The minimum Gasteiger partial charge on any atom is -0.472 e. The fourth-order valence-corrected chi connectivity index (χ4v) is 2.50. The third-order valence-corrected chi connectivity index (χ3v) is 3.54. The summed E-state index contributed by atoms with van der Waals surface area (Å²) < 4.78 is 33.3. The number of hydrogen-bond acceptors (Lipinski definition) is 3. The molecule has 1 aliphatic heterocycles. The van der Waals surface area contributed by atoms with Gasteiger partial charge in [-0.2, -0.15) is 0 Å². The highest BCUT2D eigenvalue weighted by atomic mass is 19.3. The highest BCUT2D eigenvalue weighted by Gasteiger charge is 2.33. The van der Waals surface area contributed by atoms with Crippen molar-refractivity contribution in [1.29, 1.82) is 0 Å². The standard InChI is InChI=1S/C16H17F2N3O2/c1-16(17,18)11-20-7-8-21-13(15(20)22)9-14(19-21)23-10-12-5-3-2-4-6-12/h2-6,9H,7-8,10-11H2,1H3. The van der Waals surface area contributed by atoms with Crippen molar-refractivity contribution in [3.8, 4) is 5.88 Å². The Morgan fingerprint density at radius 1 is 1.26 bits per heavy atom. The second-order valence-electron chi connectivity index (χ2n) is 5.66. The Morgan fingerprint density at radius 3 is 2.70 bits per heavy atom. The molecule has 0 atom stereocenters. The van der Waals surface area contributed by atoms with E-state index in [0.717, 1.165) is 17.4 Å². The number of ether oxygens (including phenoxy) is 1. The van der Waals surface area contributed by atoms with Crippen molar-refractivity contribution in [3.63, 3.8) is 0 Å². The number of carbonyl (C=O) groups excluding carboxylic acids is 1. The zero-order valence-corrected chi connectivity index (χ0v) is 12.7. The predicted octanol–water partition coefficient (Wildman–Crippen LogP) is 2.57. The van der Waals surface area contributed by atoms with E-state index in [-0.39, 0.29) is 12.2 Å². The van der Waals surface area contributed by atoms with Crippen LogP contribution in [-0.2, 0) is 13.2 Å². The molecule has 3 rings (SSSR count). The van der Waals surface area contributed by atoms with Crippen molar-refractivity contribution in [2.24, 2.45) is 0 Å². The maximum atomic E-state index is 13.1. The lowest BCUT2D eigenvalue weighted by atomic mass is 10.2. The van der Waals surface area contributed by atoms with Gasteiger partial charge in [0.25, 0.3) is 11.8 Å². The lowest BCUT2D eigenvalue weighted by Crippen LogP contribution is -2.45. The first kappa shape index (κ1) is 15.5. The predicted molar refractivity (Wildman–Crippen MR) is 79.5 cm³/mol. The molecule has 0 N–H and O–H groups in total. The number of aromatic nitrogens is 2. The maximum absolute atomic E-state index is 13.1. The molecule has 2 heterocycles. The molecule has 0 aliphatic carbocycles. The molecule has 23 heavy (non-hydrogen) atoms. The monoisotopic (exact) mass is 321 g/mol. The van der Waals surface area contributed by atoms with Gasteiger partial charge in [0.1, 0.15) is 12.3 Å². The highest BCUT2D eigenvalue weighted by molar-refractivity contribution is 5.93. The number of amides is 1. The number of hydrogen-bond donors (Lipinski definition) is 0. The molecule has 1 aromatic heterocycles. The van der Waals surface area contributed by atoms with Gasteiger partial charge in [-0.1, -0.05) is 30.3 Å². The van der Waals surface area contributed by atoms with E-state index in [1.807, 2.05) is 30.3 Å². The summed E-state index contributed by atoms with van der Waals surface area (Å²) in [6.45, 7) is 1.15. The van der Waals surface area contributed by atoms with Crippen LogP contribution in [0.4, 0.5) is 8.78 Å². The molecule has 1 amide bonds. The van der Waals surface area contributed by atoms with E-state index in [0.29, 0.717) is 19.0 Å². The molecule has 0 radical (unpaired) electrons. The highest BCUT2D eigenvalue weighted by Crippen LogP contribution is 2.22. The molecule has 122 valence electrons. The minimum absolute atomic E-state index is 0.217. The Balaban J connectivity index is 1.69. The van der Waals surface area contributed by atoms with Crippen molar-refractivity contribution in [1.82, 2.24) is 14.7 Å². The quantitative estimate of drug-likeness (QED) is 0.850. The molecule has 1 aliphatic rings. The number of rotatable bonds is 5. The number of halogens is 2. The van der Waals surface area contributed by atoms with Gasteiger partial charge < -0.3 is 9.64 Å². The molecule has 0 saturated carbocycles. The Morgan fingerprint density at radius 2 is 2.00 bits per heavy atom. The van der Waals surface area contributed by atoms with Crippen LogP contribution < -0.4 is 4.74 Å². The molecular weight excluding hydrogens is 304 g/mol. The van der Waals surface area contributed by atoms with Gasteiger partial charge >= 0.3 is 0 Å². The summed E-state index contributed by atoms with van der Waals surface area (Å²) in [5.74, 6) is -3.04. The lowest BCUT2D eigenvalue weighted by molar-refractivity contribution is -0.0142. The summed E-state index contributed by atoms with van der Waals surface area (Å²) in [7, 11) is 0. The summed E-state index contributed by atoms with van der Waals surface area (Å²) >= 11 is 0. The van der Waals surface area contributed by atoms with Crippen LogP contribution in [0.2, 0.25) is 0 Å². The fourth-order valence-electron chi connectivity index (χ4n) is 2.50. The van der Waals surface area contributed by atoms with Gasteiger partial charge in [-0.3, -0.25) is 9.48 Å². The SMILES string of the molecule is CC(F)(F)CN1CCn2nc(OCc3ccccc3)cc2C1=O. The zero-order chi connectivity index (χ0) is 16.4. The van der Waals surface area contributed by atoms with Crippen LogP contribution in [0.3, 0.4) is 0 Å². The summed E-state index contributed by atoms with van der Waals surface area (Å²) in [5.41, 5.74) is 1.26. The van der Waals surface area contributed by atoms with Crippen LogP contribution in [0.15, 0.2) is 36.4 Å². The molecule has 1 aromatic carbocycles. The van der Waals surface area contributed by atoms with Crippen LogP contribution in [0.1, 0.15) is 23.0 Å². The third-order valence-electron chi connectivity index (χ3n) is 3.54. The van der Waals surface area contributed by atoms with Crippen LogP contribution in [0.5, 0.6) is 5.88 Å². The van der Waals surface area contributed by atoms with Gasteiger partial charge in [0.2, 0.25) is 5.88 Å². The van der Waals surface area contributed by atoms with E-state index >= 15 is 0 Å². The van der Waals surface area contributed by atoms with Gasteiger partial charge in [0, 0.05) is 19.5 Å². The summed E-state index contributed by atoms with van der Waals surface area (Å²) in [6.07, 6.45) is 0. The number of nitrogens with zero attached hydrogens (tertiary/aromatic N) is 3. The average Bonchev–Trinajstić information content (AvgIpc) is 2.92. The van der Waals surface area contributed by atoms with Crippen molar-refractivity contribution in [2.45, 2.75) is 26.0 Å². The van der Waals surface area contributed by atoms with E-state index < -0.39 is 18.4 Å². The molecule has 0 saturated heterocycles. The maximum Gasteiger partial charge on any atom is 0.272 e. The molecule has 5 nitrogen and oxygen atoms in total. The number of alkyl halides is 2. The molecule has 7 heteroatoms. The van der Waals surface area contributed by atoms with Gasteiger partial charge in [-0.05, 0) is 5.56 Å². The Bertz CT molecular complexity index is 695. The first-order valence-corrected chi connectivity index (χ1v) is 7.34. The number of fused-ring (bicyclic) bond motifs is 1. The topological polar surface area (TPSA) is 47.4 Å². The van der Waals surface area contributed by atoms with Crippen molar-refractivity contribution in [3.05, 3.63) is 47.7 Å². The van der Waals surface area contributed by atoms with Crippen molar-refractivity contribution >= 4 is 5.91 Å². The van der Waals surface area contributed by atoms with E-state index in [4.69, 9.17) is 4.74 Å². The van der Waals surface area contributed by atoms with Crippen LogP contribution in [-0.4, -0.2) is 39.6 Å². The molecule has 0 unspecified atom stereocenters. The molecule has 0 bridgehead atoms. The number of carbonyl (C=O) groups is 1. The molecule has 2 aromatic rings. The van der Waals surface area contributed by atoms with Crippen LogP contribution in [0.25, 0.3) is 0 Å². The first-order valence-electron chi connectivity index (χ1n) is 7.34. The Kier molecular flexibility index (Phi) is 4.02. The Hall–Kier alpha value is -2.44. The molecular formula is C16H17F2N3O2. The zero-order valence-electron chi connectivity index (χ0n) is 12.7. The molecule has 0 fully saturated rings. The lowest BCUT2D eigenvalue weighted by Gasteiger charge is -2.29. The average molecular weight is 321 g/mol. The Labute approximate surface area is 132 Å². The second-order valence-corrected chi connectivity index (χ2v) is 5.66. The second kappa shape index (κ2) is 5.98. The van der Waals surface area contributed by atoms with E-state index in [2.05, 4.69) is 5.10 Å². The largest absolute Gasteiger partial charge is 0.472 e. The van der Waals surface area contributed by atoms with E-state index in [9.17, 15) is 13.6 Å². The first-order chi connectivity index (χ1) is 10.9. The van der Waals surface area contributed by atoms with Crippen molar-refractivity contribution in [2.75, 3.05) is 13.1 Å². The van der Waals surface area contributed by atoms with Crippen LogP contribution in [0, 0.1) is 0 Å². The smallest absolute Gasteiger partial charge is 0.272 e. The third kappa shape index (κ3) is 3.67. The van der Waals surface area contributed by atoms with Gasteiger partial charge in [0.15, 0.2) is 0 Å². The fraction of sp³-hybridized carbons (Fsp3) is 0.375. The van der Waals surface area contributed by atoms with E-state index in [1.165, 1.54) is 10.7 Å². The van der Waals surface area contributed by atoms with Crippen LogP contribution >= 0.6 is 0 Å². The summed E-state index contributed by atoms with van der Waals surface area (Å²) in [4.78, 5) is 13.4. The normalized spacial score (nSPS) is 14.7. The van der Waals surface area contributed by atoms with Gasteiger partial charge in [-0.15, -0.1) is 5.10 Å². The minimum atomic E-state index is -2.91. The van der Waals surface area contributed by atoms with Gasteiger partial charge in [0.05, 0.1) is 13.1 Å². The molecule has 0 spiro atoms. The summed E-state index contributed by atoms with van der Waals surface area (Å²) in [5, 5.41) is 4.21. The van der Waals surface area contributed by atoms with Gasteiger partial charge in [-0.25, -0.2) is 8.78 Å². The number of benzene rings is 1.